The highest BCUT2D eigenvalue weighted by Gasteiger charge is 2.24. The molecule has 2 nitrogen and oxygen atoms in total. The lowest BCUT2D eigenvalue weighted by Gasteiger charge is -2.31. The molecule has 0 saturated heterocycles. The monoisotopic (exact) mass is 263 g/mol. The van der Waals surface area contributed by atoms with Gasteiger partial charge in [-0.3, -0.25) is 0 Å². The Bertz CT molecular complexity index is 348. The van der Waals surface area contributed by atoms with E-state index in [9.17, 15) is 0 Å². The molecule has 0 aliphatic heterocycles. The van der Waals surface area contributed by atoms with Gasteiger partial charge in [-0.15, -0.1) is 0 Å². The molecule has 1 aromatic rings. The Morgan fingerprint density at radius 1 is 1.21 bits per heavy atom. The van der Waals surface area contributed by atoms with Gasteiger partial charge in [0.2, 0.25) is 0 Å². The van der Waals surface area contributed by atoms with Gasteiger partial charge in [0.15, 0.2) is 0 Å². The van der Waals surface area contributed by atoms with Crippen molar-refractivity contribution in [2.75, 3.05) is 13.7 Å². The number of methoxy groups -OCH3 is 1. The van der Waals surface area contributed by atoms with E-state index in [1.165, 1.54) is 5.56 Å². The van der Waals surface area contributed by atoms with E-state index in [1.54, 1.807) is 7.11 Å². The third-order valence-corrected chi connectivity index (χ3v) is 3.75. The van der Waals surface area contributed by atoms with E-state index < -0.39 is 0 Å². The van der Waals surface area contributed by atoms with Gasteiger partial charge in [0, 0.05) is 19.2 Å². The quantitative estimate of drug-likeness (QED) is 0.771. The summed E-state index contributed by atoms with van der Waals surface area (Å²) < 4.78 is 5.25. The largest absolute Gasteiger partial charge is 0.383 e. The van der Waals surface area contributed by atoms with Crippen molar-refractivity contribution in [3.63, 3.8) is 0 Å². The first kappa shape index (κ1) is 16.2. The molecule has 0 spiro atoms. The SMILES string of the molecule is CCC(COC)NC(C)CC(C)(C)c1ccccc1. The van der Waals surface area contributed by atoms with Gasteiger partial charge in [-0.1, -0.05) is 51.1 Å². The predicted molar refractivity (Wildman–Crippen MR) is 82.6 cm³/mol. The van der Waals surface area contributed by atoms with Crippen LogP contribution >= 0.6 is 0 Å². The van der Waals surface area contributed by atoms with Crippen LogP contribution in [0.15, 0.2) is 30.3 Å². The van der Waals surface area contributed by atoms with E-state index in [4.69, 9.17) is 4.74 Å². The number of hydrogen-bond acceptors (Lipinski definition) is 2. The maximum absolute atomic E-state index is 5.25. The number of hydrogen-bond donors (Lipinski definition) is 1. The maximum atomic E-state index is 5.25. The minimum Gasteiger partial charge on any atom is -0.383 e. The van der Waals surface area contributed by atoms with Gasteiger partial charge < -0.3 is 10.1 Å². The molecular weight excluding hydrogens is 234 g/mol. The molecule has 19 heavy (non-hydrogen) atoms. The van der Waals surface area contributed by atoms with Gasteiger partial charge in [-0.05, 0) is 30.7 Å². The molecule has 2 unspecified atom stereocenters. The second-order valence-electron chi connectivity index (χ2n) is 6.08. The van der Waals surface area contributed by atoms with Crippen LogP contribution in [0.1, 0.15) is 46.1 Å². The van der Waals surface area contributed by atoms with Crippen molar-refractivity contribution in [3.8, 4) is 0 Å². The molecule has 0 saturated carbocycles. The van der Waals surface area contributed by atoms with E-state index >= 15 is 0 Å². The molecule has 108 valence electrons. The standard InChI is InChI=1S/C17H29NO/c1-6-16(13-19-5)18-14(2)12-17(3,4)15-10-8-7-9-11-15/h7-11,14,16,18H,6,12-13H2,1-5H3. The lowest BCUT2D eigenvalue weighted by atomic mass is 9.79. The van der Waals surface area contributed by atoms with E-state index in [1.807, 2.05) is 0 Å². The summed E-state index contributed by atoms with van der Waals surface area (Å²) in [5.41, 5.74) is 1.60. The average molecular weight is 263 g/mol. The Labute approximate surface area is 118 Å². The van der Waals surface area contributed by atoms with Crippen molar-refractivity contribution in [1.82, 2.24) is 5.32 Å². The van der Waals surface area contributed by atoms with Gasteiger partial charge in [0.1, 0.15) is 0 Å². The Kier molecular flexibility index (Phi) is 6.53. The van der Waals surface area contributed by atoms with E-state index in [0.29, 0.717) is 12.1 Å². The average Bonchev–Trinajstić information content (AvgIpc) is 2.38. The predicted octanol–water partition coefficient (Wildman–Crippen LogP) is 3.76. The van der Waals surface area contributed by atoms with Crippen LogP contribution in [0.3, 0.4) is 0 Å². The highest BCUT2D eigenvalue weighted by molar-refractivity contribution is 5.23. The van der Waals surface area contributed by atoms with Crippen LogP contribution in [0.25, 0.3) is 0 Å². The summed E-state index contributed by atoms with van der Waals surface area (Å²) >= 11 is 0. The molecule has 0 aliphatic carbocycles. The zero-order valence-electron chi connectivity index (χ0n) is 13.1. The first-order chi connectivity index (χ1) is 8.99. The topological polar surface area (TPSA) is 21.3 Å². The van der Waals surface area contributed by atoms with Gasteiger partial charge in [0.05, 0.1) is 6.61 Å². The van der Waals surface area contributed by atoms with E-state index in [0.717, 1.165) is 19.4 Å². The minimum absolute atomic E-state index is 0.193. The van der Waals surface area contributed by atoms with Crippen molar-refractivity contribution >= 4 is 0 Å². The summed E-state index contributed by atoms with van der Waals surface area (Å²) in [4.78, 5) is 0. The second-order valence-corrected chi connectivity index (χ2v) is 6.08. The van der Waals surface area contributed by atoms with E-state index in [2.05, 4.69) is 63.3 Å². The lowest BCUT2D eigenvalue weighted by Crippen LogP contribution is -2.41. The van der Waals surface area contributed by atoms with Crippen LogP contribution in [0.2, 0.25) is 0 Å². The van der Waals surface area contributed by atoms with Gasteiger partial charge >= 0.3 is 0 Å². The van der Waals surface area contributed by atoms with Crippen LogP contribution in [0, 0.1) is 0 Å². The molecule has 2 atom stereocenters. The fourth-order valence-electron chi connectivity index (χ4n) is 2.72. The third kappa shape index (κ3) is 5.33. The van der Waals surface area contributed by atoms with Crippen LogP contribution in [-0.2, 0) is 10.2 Å². The summed E-state index contributed by atoms with van der Waals surface area (Å²) in [7, 11) is 1.77. The summed E-state index contributed by atoms with van der Waals surface area (Å²) in [6, 6.07) is 11.7. The van der Waals surface area contributed by atoms with E-state index in [-0.39, 0.29) is 5.41 Å². The van der Waals surface area contributed by atoms with Crippen molar-refractivity contribution in [1.29, 1.82) is 0 Å². The molecule has 0 radical (unpaired) electrons. The lowest BCUT2D eigenvalue weighted by molar-refractivity contribution is 0.156. The zero-order chi connectivity index (χ0) is 14.3. The smallest absolute Gasteiger partial charge is 0.0615 e. The zero-order valence-corrected chi connectivity index (χ0v) is 13.1. The number of benzene rings is 1. The highest BCUT2D eigenvalue weighted by Crippen LogP contribution is 2.28. The summed E-state index contributed by atoms with van der Waals surface area (Å²) in [5, 5.41) is 3.67. The molecule has 2 heteroatoms. The molecule has 0 aromatic heterocycles. The number of rotatable bonds is 8. The fourth-order valence-corrected chi connectivity index (χ4v) is 2.72. The molecule has 1 rings (SSSR count). The third-order valence-electron chi connectivity index (χ3n) is 3.75. The van der Waals surface area contributed by atoms with Crippen LogP contribution in [-0.4, -0.2) is 25.8 Å². The van der Waals surface area contributed by atoms with Crippen molar-refractivity contribution in [2.45, 2.75) is 58.0 Å². The van der Waals surface area contributed by atoms with Crippen molar-refractivity contribution in [2.24, 2.45) is 0 Å². The summed E-state index contributed by atoms with van der Waals surface area (Å²) in [5.74, 6) is 0. The Morgan fingerprint density at radius 3 is 2.37 bits per heavy atom. The Hall–Kier alpha value is -0.860. The minimum atomic E-state index is 0.193. The van der Waals surface area contributed by atoms with Crippen LogP contribution in [0.5, 0.6) is 0 Å². The fraction of sp³-hybridized carbons (Fsp3) is 0.647. The summed E-state index contributed by atoms with van der Waals surface area (Å²) in [6.45, 7) is 9.89. The Balaban J connectivity index is 2.57. The van der Waals surface area contributed by atoms with Crippen LogP contribution in [0.4, 0.5) is 0 Å². The first-order valence-electron chi connectivity index (χ1n) is 7.30. The molecule has 1 aromatic carbocycles. The molecule has 1 N–H and O–H groups in total. The maximum Gasteiger partial charge on any atom is 0.0615 e. The highest BCUT2D eigenvalue weighted by atomic mass is 16.5. The Morgan fingerprint density at radius 2 is 1.84 bits per heavy atom. The summed E-state index contributed by atoms with van der Waals surface area (Å²) in [6.07, 6.45) is 2.22. The molecule has 0 heterocycles. The molecular formula is C17H29NO. The van der Waals surface area contributed by atoms with Gasteiger partial charge in [-0.2, -0.15) is 0 Å². The molecule has 0 fully saturated rings. The van der Waals surface area contributed by atoms with Gasteiger partial charge in [-0.25, -0.2) is 0 Å². The van der Waals surface area contributed by atoms with Gasteiger partial charge in [0.25, 0.3) is 0 Å². The van der Waals surface area contributed by atoms with Crippen LogP contribution < -0.4 is 5.32 Å². The number of ether oxygens (including phenoxy) is 1. The number of nitrogens with one attached hydrogen (secondary N) is 1. The van der Waals surface area contributed by atoms with Crippen molar-refractivity contribution in [3.05, 3.63) is 35.9 Å². The normalized spacial score (nSPS) is 15.2. The molecule has 0 amide bonds. The van der Waals surface area contributed by atoms with Crippen molar-refractivity contribution < 1.29 is 4.74 Å². The molecule has 0 aliphatic rings. The first-order valence-corrected chi connectivity index (χ1v) is 7.30. The second kappa shape index (κ2) is 7.66. The molecule has 0 bridgehead atoms.